The number of carbonyl (C=O) groups is 2. The second-order valence-electron chi connectivity index (χ2n) is 4.70. The summed E-state index contributed by atoms with van der Waals surface area (Å²) in [4.78, 5) is 22.1. The highest BCUT2D eigenvalue weighted by Crippen LogP contribution is 2.38. The Labute approximate surface area is 95.2 Å². The van der Waals surface area contributed by atoms with Crippen molar-refractivity contribution in [2.45, 2.75) is 32.8 Å². The number of carboxylic acid groups (broad SMARTS) is 1. The first kappa shape index (κ1) is 13.0. The maximum absolute atomic E-state index is 11.5. The molecule has 1 amide bonds. The van der Waals surface area contributed by atoms with Gasteiger partial charge in [0.25, 0.3) is 0 Å². The third-order valence-corrected chi connectivity index (χ3v) is 2.67. The van der Waals surface area contributed by atoms with E-state index in [-0.39, 0.29) is 11.8 Å². The summed E-state index contributed by atoms with van der Waals surface area (Å²) in [5.41, 5.74) is -0.405. The van der Waals surface area contributed by atoms with Gasteiger partial charge in [-0.1, -0.05) is 0 Å². The molecule has 0 heterocycles. The summed E-state index contributed by atoms with van der Waals surface area (Å²) in [6, 6.07) is 0. The van der Waals surface area contributed by atoms with Crippen LogP contribution in [0.25, 0.3) is 0 Å². The van der Waals surface area contributed by atoms with Gasteiger partial charge in [0, 0.05) is 13.2 Å². The van der Waals surface area contributed by atoms with E-state index < -0.39 is 17.5 Å². The monoisotopic (exact) mass is 229 g/mol. The number of carboxylic acids is 1. The Balaban J connectivity index is 2.29. The third kappa shape index (κ3) is 3.48. The van der Waals surface area contributed by atoms with E-state index in [0.717, 1.165) is 0 Å². The molecule has 0 radical (unpaired) electrons. The topological polar surface area (TPSA) is 75.6 Å². The van der Waals surface area contributed by atoms with E-state index in [1.54, 1.807) is 0 Å². The van der Waals surface area contributed by atoms with E-state index >= 15 is 0 Å². The minimum absolute atomic E-state index is 0.180. The van der Waals surface area contributed by atoms with Gasteiger partial charge in [0.1, 0.15) is 0 Å². The van der Waals surface area contributed by atoms with Crippen LogP contribution < -0.4 is 5.32 Å². The Morgan fingerprint density at radius 3 is 2.50 bits per heavy atom. The second-order valence-corrected chi connectivity index (χ2v) is 4.70. The SMILES string of the molecule is CCOC(C)(C)CNC(=O)[C@@H]1C[C@@H]1C(=O)O. The van der Waals surface area contributed by atoms with Crippen molar-refractivity contribution in [1.82, 2.24) is 5.32 Å². The predicted molar refractivity (Wildman–Crippen MR) is 57.9 cm³/mol. The number of rotatable bonds is 6. The third-order valence-electron chi connectivity index (χ3n) is 2.67. The average Bonchev–Trinajstić information content (AvgIpc) is 2.93. The Kier molecular flexibility index (Phi) is 3.91. The van der Waals surface area contributed by atoms with E-state index in [4.69, 9.17) is 9.84 Å². The van der Waals surface area contributed by atoms with Crippen LogP contribution in [0.2, 0.25) is 0 Å². The molecule has 0 spiro atoms. The molecule has 0 aromatic rings. The molecule has 0 unspecified atom stereocenters. The fourth-order valence-electron chi connectivity index (χ4n) is 1.63. The fraction of sp³-hybridized carbons (Fsp3) is 0.818. The summed E-state index contributed by atoms with van der Waals surface area (Å²) >= 11 is 0. The number of amides is 1. The highest BCUT2D eigenvalue weighted by molar-refractivity contribution is 5.89. The minimum atomic E-state index is -0.885. The van der Waals surface area contributed by atoms with Gasteiger partial charge >= 0.3 is 5.97 Å². The van der Waals surface area contributed by atoms with E-state index in [1.807, 2.05) is 20.8 Å². The lowest BCUT2D eigenvalue weighted by Crippen LogP contribution is -2.41. The normalized spacial score (nSPS) is 23.9. The molecule has 1 rings (SSSR count). The molecule has 5 heteroatoms. The summed E-state index contributed by atoms with van der Waals surface area (Å²) < 4.78 is 5.42. The molecule has 2 atom stereocenters. The quantitative estimate of drug-likeness (QED) is 0.700. The number of hydrogen-bond acceptors (Lipinski definition) is 3. The smallest absolute Gasteiger partial charge is 0.307 e. The maximum Gasteiger partial charge on any atom is 0.307 e. The summed E-state index contributed by atoms with van der Waals surface area (Å²) in [7, 11) is 0. The van der Waals surface area contributed by atoms with Crippen molar-refractivity contribution in [3.63, 3.8) is 0 Å². The van der Waals surface area contributed by atoms with Gasteiger partial charge in [0.15, 0.2) is 0 Å². The van der Waals surface area contributed by atoms with Crippen molar-refractivity contribution >= 4 is 11.9 Å². The second kappa shape index (κ2) is 4.82. The van der Waals surface area contributed by atoms with Crippen LogP contribution in [0, 0.1) is 11.8 Å². The van der Waals surface area contributed by atoms with Gasteiger partial charge in [0.05, 0.1) is 17.4 Å². The van der Waals surface area contributed by atoms with Crippen molar-refractivity contribution in [3.8, 4) is 0 Å². The lowest BCUT2D eigenvalue weighted by atomic mass is 10.1. The summed E-state index contributed by atoms with van der Waals surface area (Å²) in [6.07, 6.45) is 0.455. The molecule has 2 N–H and O–H groups in total. The molecule has 5 nitrogen and oxygen atoms in total. The predicted octanol–water partition coefficient (Wildman–Crippen LogP) is 0.638. The first-order valence-corrected chi connectivity index (χ1v) is 5.52. The molecule has 0 bridgehead atoms. The molecular formula is C11H19NO4. The first-order valence-electron chi connectivity index (χ1n) is 5.52. The summed E-state index contributed by atoms with van der Waals surface area (Å²) in [5, 5.41) is 11.4. The largest absolute Gasteiger partial charge is 0.481 e. The van der Waals surface area contributed by atoms with E-state index in [2.05, 4.69) is 5.32 Å². The Hall–Kier alpha value is -1.10. The Morgan fingerprint density at radius 1 is 1.44 bits per heavy atom. The zero-order valence-corrected chi connectivity index (χ0v) is 9.95. The number of hydrogen-bond donors (Lipinski definition) is 2. The number of aliphatic carboxylic acids is 1. The molecule has 1 aliphatic carbocycles. The highest BCUT2D eigenvalue weighted by Gasteiger charge is 2.48. The van der Waals surface area contributed by atoms with Gasteiger partial charge in [-0.15, -0.1) is 0 Å². The van der Waals surface area contributed by atoms with Crippen molar-refractivity contribution < 1.29 is 19.4 Å². The number of carbonyl (C=O) groups excluding carboxylic acids is 1. The Bertz CT molecular complexity index is 288. The highest BCUT2D eigenvalue weighted by atomic mass is 16.5. The molecule has 0 saturated heterocycles. The standard InChI is InChI=1S/C11H19NO4/c1-4-16-11(2,3)6-12-9(13)7-5-8(7)10(14)15/h7-8H,4-6H2,1-3H3,(H,12,13)(H,14,15)/t7-,8+/m1/s1. The fourth-order valence-corrected chi connectivity index (χ4v) is 1.63. The van der Waals surface area contributed by atoms with E-state index in [9.17, 15) is 9.59 Å². The average molecular weight is 229 g/mol. The van der Waals surface area contributed by atoms with Gasteiger partial charge in [-0.25, -0.2) is 0 Å². The lowest BCUT2D eigenvalue weighted by molar-refractivity contribution is -0.140. The van der Waals surface area contributed by atoms with Gasteiger partial charge in [-0.05, 0) is 27.2 Å². The molecule has 16 heavy (non-hydrogen) atoms. The molecular weight excluding hydrogens is 210 g/mol. The molecule has 0 aromatic carbocycles. The van der Waals surface area contributed by atoms with Crippen LogP contribution in [-0.2, 0) is 14.3 Å². The molecule has 1 aliphatic rings. The minimum Gasteiger partial charge on any atom is -0.481 e. The van der Waals surface area contributed by atoms with E-state index in [1.165, 1.54) is 0 Å². The van der Waals surface area contributed by atoms with Gasteiger partial charge in [-0.3, -0.25) is 9.59 Å². The molecule has 1 fully saturated rings. The zero-order valence-electron chi connectivity index (χ0n) is 9.95. The van der Waals surface area contributed by atoms with Crippen molar-refractivity contribution in [2.24, 2.45) is 11.8 Å². The van der Waals surface area contributed by atoms with Gasteiger partial charge in [0.2, 0.25) is 5.91 Å². The maximum atomic E-state index is 11.5. The van der Waals surface area contributed by atoms with Crippen LogP contribution in [0.4, 0.5) is 0 Å². The molecule has 1 saturated carbocycles. The number of nitrogens with one attached hydrogen (secondary N) is 1. The van der Waals surface area contributed by atoms with Crippen LogP contribution in [0.3, 0.4) is 0 Å². The van der Waals surface area contributed by atoms with Crippen molar-refractivity contribution in [3.05, 3.63) is 0 Å². The number of ether oxygens (including phenoxy) is 1. The molecule has 0 aromatic heterocycles. The molecule has 92 valence electrons. The van der Waals surface area contributed by atoms with Crippen LogP contribution >= 0.6 is 0 Å². The summed E-state index contributed by atoms with van der Waals surface area (Å²) in [6.45, 7) is 6.66. The van der Waals surface area contributed by atoms with Crippen LogP contribution in [-0.4, -0.2) is 35.7 Å². The van der Waals surface area contributed by atoms with E-state index in [0.29, 0.717) is 19.6 Å². The van der Waals surface area contributed by atoms with Crippen molar-refractivity contribution in [1.29, 1.82) is 0 Å². The summed E-state index contributed by atoms with van der Waals surface area (Å²) in [5.74, 6) is -1.91. The van der Waals surface area contributed by atoms with Crippen LogP contribution in [0.15, 0.2) is 0 Å². The van der Waals surface area contributed by atoms with Crippen molar-refractivity contribution in [2.75, 3.05) is 13.2 Å². The van der Waals surface area contributed by atoms with Gasteiger partial charge in [-0.2, -0.15) is 0 Å². The first-order chi connectivity index (χ1) is 7.37. The molecule has 0 aliphatic heterocycles. The lowest BCUT2D eigenvalue weighted by Gasteiger charge is -2.24. The van der Waals surface area contributed by atoms with Gasteiger partial charge < -0.3 is 15.2 Å². The zero-order chi connectivity index (χ0) is 12.3. The van der Waals surface area contributed by atoms with Crippen LogP contribution in [0.1, 0.15) is 27.2 Å². The van der Waals surface area contributed by atoms with Crippen LogP contribution in [0.5, 0.6) is 0 Å². The Morgan fingerprint density at radius 2 is 2.06 bits per heavy atom.